The van der Waals surface area contributed by atoms with Crippen LogP contribution in [0, 0.1) is 11.3 Å². The third kappa shape index (κ3) is 1.39. The van der Waals surface area contributed by atoms with Crippen LogP contribution in [0.2, 0.25) is 0 Å². The molecule has 2 heteroatoms. The summed E-state index contributed by atoms with van der Waals surface area (Å²) in [4.78, 5) is 2.58. The smallest absolute Gasteiger partial charge is 0.101 e. The maximum Gasteiger partial charge on any atom is 0.101 e. The van der Waals surface area contributed by atoms with Crippen molar-refractivity contribution >= 4 is 0 Å². The number of piperidine rings is 1. The molecule has 1 spiro atoms. The van der Waals surface area contributed by atoms with Crippen LogP contribution in [-0.2, 0) is 5.66 Å². The molecular formula is C17H24N2. The van der Waals surface area contributed by atoms with Gasteiger partial charge in [0.1, 0.15) is 5.66 Å². The summed E-state index contributed by atoms with van der Waals surface area (Å²) >= 11 is 0. The lowest BCUT2D eigenvalue weighted by atomic mass is 9.58. The van der Waals surface area contributed by atoms with Crippen molar-refractivity contribution < 1.29 is 0 Å². The van der Waals surface area contributed by atoms with Crippen molar-refractivity contribution in [1.82, 2.24) is 4.90 Å². The van der Waals surface area contributed by atoms with Crippen molar-refractivity contribution in [2.24, 2.45) is 17.1 Å². The lowest BCUT2D eigenvalue weighted by Crippen LogP contribution is -2.61. The number of rotatable bonds is 1. The van der Waals surface area contributed by atoms with Gasteiger partial charge in [-0.25, -0.2) is 0 Å². The maximum atomic E-state index is 7.10. The molecule has 1 aliphatic carbocycles. The summed E-state index contributed by atoms with van der Waals surface area (Å²) in [5, 5.41) is 0. The minimum Gasteiger partial charge on any atom is -0.309 e. The van der Waals surface area contributed by atoms with E-state index in [9.17, 15) is 0 Å². The van der Waals surface area contributed by atoms with Crippen LogP contribution in [0.15, 0.2) is 30.3 Å². The molecule has 2 heterocycles. The van der Waals surface area contributed by atoms with Crippen molar-refractivity contribution in [2.75, 3.05) is 13.1 Å². The fourth-order valence-electron chi connectivity index (χ4n) is 5.29. The minimum absolute atomic E-state index is 0.197. The summed E-state index contributed by atoms with van der Waals surface area (Å²) in [5.74, 6) is 0.831. The van der Waals surface area contributed by atoms with Gasteiger partial charge >= 0.3 is 0 Å². The molecule has 19 heavy (non-hydrogen) atoms. The predicted molar refractivity (Wildman–Crippen MR) is 77.5 cm³/mol. The zero-order valence-electron chi connectivity index (χ0n) is 11.6. The van der Waals surface area contributed by atoms with Gasteiger partial charge in [0, 0.05) is 18.5 Å². The van der Waals surface area contributed by atoms with Gasteiger partial charge in [-0.3, -0.25) is 4.90 Å². The monoisotopic (exact) mass is 256 g/mol. The first-order valence-corrected chi connectivity index (χ1v) is 7.87. The second-order valence-electron chi connectivity index (χ2n) is 6.78. The number of fused-ring (bicyclic) bond motifs is 3. The summed E-state index contributed by atoms with van der Waals surface area (Å²) in [7, 11) is 0. The SMILES string of the molecule is N[C@@]1(c2ccccc2)N2CCC(C2)C12CCCCC2. The predicted octanol–water partition coefficient (Wildman–Crippen LogP) is 3.08. The molecule has 3 fully saturated rings. The van der Waals surface area contributed by atoms with Crippen LogP contribution in [0.3, 0.4) is 0 Å². The highest BCUT2D eigenvalue weighted by molar-refractivity contribution is 5.31. The van der Waals surface area contributed by atoms with Crippen LogP contribution in [0.25, 0.3) is 0 Å². The first kappa shape index (κ1) is 11.9. The van der Waals surface area contributed by atoms with Crippen molar-refractivity contribution in [1.29, 1.82) is 0 Å². The fourth-order valence-corrected chi connectivity index (χ4v) is 5.29. The van der Waals surface area contributed by atoms with E-state index in [0.29, 0.717) is 5.41 Å². The molecule has 4 rings (SSSR count). The molecule has 2 aliphatic heterocycles. The summed E-state index contributed by atoms with van der Waals surface area (Å²) in [6, 6.07) is 10.9. The quantitative estimate of drug-likeness (QED) is 0.836. The van der Waals surface area contributed by atoms with Crippen LogP contribution < -0.4 is 5.73 Å². The Morgan fingerprint density at radius 2 is 1.79 bits per heavy atom. The van der Waals surface area contributed by atoms with Crippen LogP contribution in [0.1, 0.15) is 44.1 Å². The van der Waals surface area contributed by atoms with Crippen LogP contribution >= 0.6 is 0 Å². The highest BCUT2D eigenvalue weighted by Gasteiger charge is 2.64. The van der Waals surface area contributed by atoms with Gasteiger partial charge in [0.2, 0.25) is 0 Å². The van der Waals surface area contributed by atoms with Gasteiger partial charge in [0.05, 0.1) is 0 Å². The van der Waals surface area contributed by atoms with Crippen molar-refractivity contribution in [3.63, 3.8) is 0 Å². The summed E-state index contributed by atoms with van der Waals surface area (Å²) in [6.07, 6.45) is 8.18. The zero-order valence-corrected chi connectivity index (χ0v) is 11.6. The molecule has 2 saturated heterocycles. The maximum absolute atomic E-state index is 7.10. The van der Waals surface area contributed by atoms with Gasteiger partial charge in [-0.15, -0.1) is 0 Å². The van der Waals surface area contributed by atoms with E-state index in [0.717, 1.165) is 5.92 Å². The molecule has 3 aliphatic rings. The Bertz CT molecular complexity index is 463. The molecular weight excluding hydrogens is 232 g/mol. The molecule has 1 saturated carbocycles. The fraction of sp³-hybridized carbons (Fsp3) is 0.647. The Kier molecular flexibility index (Phi) is 2.55. The first-order chi connectivity index (χ1) is 9.27. The van der Waals surface area contributed by atoms with Gasteiger partial charge < -0.3 is 5.73 Å². The van der Waals surface area contributed by atoms with E-state index in [1.54, 1.807) is 0 Å². The second-order valence-corrected chi connectivity index (χ2v) is 6.78. The Morgan fingerprint density at radius 1 is 1.05 bits per heavy atom. The topological polar surface area (TPSA) is 29.3 Å². The average molecular weight is 256 g/mol. The molecule has 1 aromatic carbocycles. The Balaban J connectivity index is 1.84. The van der Waals surface area contributed by atoms with Gasteiger partial charge in [-0.05, 0) is 30.7 Å². The summed E-state index contributed by atoms with van der Waals surface area (Å²) < 4.78 is 0. The van der Waals surface area contributed by atoms with E-state index < -0.39 is 0 Å². The number of benzene rings is 1. The van der Waals surface area contributed by atoms with E-state index in [1.807, 2.05) is 0 Å². The van der Waals surface area contributed by atoms with Gasteiger partial charge in [-0.2, -0.15) is 0 Å². The van der Waals surface area contributed by atoms with Crippen molar-refractivity contribution in [3.05, 3.63) is 35.9 Å². The van der Waals surface area contributed by atoms with Crippen molar-refractivity contribution in [3.8, 4) is 0 Å². The zero-order chi connectivity index (χ0) is 12.9. The van der Waals surface area contributed by atoms with Gasteiger partial charge in [-0.1, -0.05) is 49.6 Å². The third-order valence-corrected chi connectivity index (χ3v) is 6.19. The number of hydrogen-bond donors (Lipinski definition) is 1. The standard InChI is InChI=1S/C17H24N2/c18-17(14-7-3-1-4-8-14)16(10-5-2-6-11-16)15-9-12-19(17)13-15/h1,3-4,7-8,15H,2,5-6,9-13,18H2/t15?,17-/m0/s1. The summed E-state index contributed by atoms with van der Waals surface area (Å²) in [5.41, 5.74) is 8.60. The lowest BCUT2D eigenvalue weighted by molar-refractivity contribution is -0.0397. The average Bonchev–Trinajstić information content (AvgIpc) is 3.04. The molecule has 0 aromatic heterocycles. The van der Waals surface area contributed by atoms with E-state index in [4.69, 9.17) is 5.73 Å². The van der Waals surface area contributed by atoms with Gasteiger partial charge in [0.25, 0.3) is 0 Å². The number of hydrogen-bond acceptors (Lipinski definition) is 2. The highest BCUT2D eigenvalue weighted by atomic mass is 15.3. The van der Waals surface area contributed by atoms with Crippen LogP contribution in [0.4, 0.5) is 0 Å². The molecule has 0 radical (unpaired) electrons. The molecule has 1 aromatic rings. The third-order valence-electron chi connectivity index (χ3n) is 6.19. The summed E-state index contributed by atoms with van der Waals surface area (Å²) in [6.45, 7) is 2.42. The number of nitrogens with two attached hydrogens (primary N) is 1. The van der Waals surface area contributed by atoms with Crippen molar-refractivity contribution in [2.45, 2.75) is 44.2 Å². The molecule has 2 bridgehead atoms. The Labute approximate surface area is 116 Å². The Hall–Kier alpha value is -0.860. The first-order valence-electron chi connectivity index (χ1n) is 7.87. The van der Waals surface area contributed by atoms with E-state index in [1.165, 1.54) is 57.2 Å². The second kappa shape index (κ2) is 4.07. The lowest BCUT2D eigenvalue weighted by Gasteiger charge is -2.54. The van der Waals surface area contributed by atoms with Crippen LogP contribution in [0.5, 0.6) is 0 Å². The molecule has 2 nitrogen and oxygen atoms in total. The Morgan fingerprint density at radius 3 is 2.53 bits per heavy atom. The molecule has 3 atom stereocenters. The largest absolute Gasteiger partial charge is 0.309 e. The number of nitrogens with zero attached hydrogens (tertiary/aromatic N) is 1. The molecule has 102 valence electrons. The van der Waals surface area contributed by atoms with Crippen LogP contribution in [-0.4, -0.2) is 18.0 Å². The molecule has 0 amide bonds. The molecule has 2 N–H and O–H groups in total. The van der Waals surface area contributed by atoms with E-state index >= 15 is 0 Å². The van der Waals surface area contributed by atoms with Gasteiger partial charge in [0.15, 0.2) is 0 Å². The van der Waals surface area contributed by atoms with E-state index in [-0.39, 0.29) is 5.66 Å². The molecule has 2 unspecified atom stereocenters. The van der Waals surface area contributed by atoms with E-state index in [2.05, 4.69) is 35.2 Å². The minimum atomic E-state index is -0.197. The highest BCUT2D eigenvalue weighted by Crippen LogP contribution is 2.62. The normalized spacial score (nSPS) is 39.8.